The van der Waals surface area contributed by atoms with Crippen molar-refractivity contribution in [1.29, 1.82) is 0 Å². The molecule has 2 nitrogen and oxygen atoms in total. The molecule has 2 heterocycles. The lowest BCUT2D eigenvalue weighted by Gasteiger charge is -2.07. The highest BCUT2D eigenvalue weighted by Gasteiger charge is 2.15. The van der Waals surface area contributed by atoms with Crippen LogP contribution in [-0.4, -0.2) is 4.57 Å². The van der Waals surface area contributed by atoms with Crippen molar-refractivity contribution < 1.29 is 4.42 Å². The van der Waals surface area contributed by atoms with Crippen LogP contribution >= 0.6 is 0 Å². The van der Waals surface area contributed by atoms with Crippen LogP contribution in [0, 0.1) is 0 Å². The minimum atomic E-state index is 0.905. The van der Waals surface area contributed by atoms with Gasteiger partial charge in [0.05, 0.1) is 11.0 Å². The second-order valence-electron chi connectivity index (χ2n) is 8.20. The summed E-state index contributed by atoms with van der Waals surface area (Å²) in [5, 5.41) is 4.82. The molecule has 32 heavy (non-hydrogen) atoms. The van der Waals surface area contributed by atoms with Crippen LogP contribution in [0.1, 0.15) is 0 Å². The third kappa shape index (κ3) is 2.41. The fraction of sp³-hybridized carbons (Fsp3) is 0. The van der Waals surface area contributed by atoms with Crippen molar-refractivity contribution in [2.24, 2.45) is 0 Å². The molecule has 150 valence electrons. The van der Waals surface area contributed by atoms with Gasteiger partial charge in [0.15, 0.2) is 0 Å². The number of nitrogens with zero attached hydrogens (tertiary/aromatic N) is 1. The first-order chi connectivity index (χ1) is 15.9. The Morgan fingerprint density at radius 3 is 1.91 bits per heavy atom. The maximum Gasteiger partial charge on any atom is 0.143 e. The molecule has 0 saturated carbocycles. The van der Waals surface area contributed by atoms with E-state index >= 15 is 0 Å². The van der Waals surface area contributed by atoms with Crippen molar-refractivity contribution in [3.63, 3.8) is 0 Å². The first-order valence-corrected chi connectivity index (χ1v) is 10.9. The molecule has 7 rings (SSSR count). The molecule has 0 fully saturated rings. The molecule has 0 amide bonds. The second kappa shape index (κ2) is 6.60. The largest absolute Gasteiger partial charge is 0.455 e. The number of hydrogen-bond acceptors (Lipinski definition) is 1. The SMILES string of the molecule is c1ccc(-c2cccc3c2oc2cc(-n4c5ccccc5c5ccccc54)ccc23)cc1. The van der Waals surface area contributed by atoms with Crippen LogP contribution < -0.4 is 0 Å². The average Bonchev–Trinajstić information content (AvgIpc) is 3.40. The number of hydrogen-bond donors (Lipinski definition) is 0. The van der Waals surface area contributed by atoms with Crippen molar-refractivity contribution in [3.8, 4) is 16.8 Å². The van der Waals surface area contributed by atoms with Gasteiger partial charge in [-0.1, -0.05) is 84.9 Å². The third-order valence-corrected chi connectivity index (χ3v) is 6.41. The highest BCUT2D eigenvalue weighted by molar-refractivity contribution is 6.11. The molecule has 0 aliphatic heterocycles. The van der Waals surface area contributed by atoms with Gasteiger partial charge in [-0.15, -0.1) is 0 Å². The predicted molar refractivity (Wildman–Crippen MR) is 133 cm³/mol. The molecule has 0 unspecified atom stereocenters. The Hall–Kier alpha value is -4.30. The van der Waals surface area contributed by atoms with Crippen LogP contribution in [0.3, 0.4) is 0 Å². The van der Waals surface area contributed by atoms with Gasteiger partial charge >= 0.3 is 0 Å². The smallest absolute Gasteiger partial charge is 0.143 e. The van der Waals surface area contributed by atoms with E-state index in [1.165, 1.54) is 27.4 Å². The fourth-order valence-electron chi connectivity index (χ4n) is 4.97. The van der Waals surface area contributed by atoms with Gasteiger partial charge in [-0.25, -0.2) is 0 Å². The highest BCUT2D eigenvalue weighted by atomic mass is 16.3. The summed E-state index contributed by atoms with van der Waals surface area (Å²) in [6.07, 6.45) is 0. The number of para-hydroxylation sites is 3. The summed E-state index contributed by atoms with van der Waals surface area (Å²) >= 11 is 0. The Morgan fingerprint density at radius 1 is 0.500 bits per heavy atom. The summed E-state index contributed by atoms with van der Waals surface area (Å²) in [7, 11) is 0. The summed E-state index contributed by atoms with van der Waals surface area (Å²) in [6.45, 7) is 0. The van der Waals surface area contributed by atoms with Crippen molar-refractivity contribution in [1.82, 2.24) is 4.57 Å². The minimum Gasteiger partial charge on any atom is -0.455 e. The van der Waals surface area contributed by atoms with Gasteiger partial charge in [0.25, 0.3) is 0 Å². The first kappa shape index (κ1) is 17.4. The number of aromatic nitrogens is 1. The van der Waals surface area contributed by atoms with E-state index in [4.69, 9.17) is 4.42 Å². The lowest BCUT2D eigenvalue weighted by molar-refractivity contribution is 0.669. The van der Waals surface area contributed by atoms with Gasteiger partial charge in [0.2, 0.25) is 0 Å². The molecule has 5 aromatic carbocycles. The molecule has 0 spiro atoms. The number of furan rings is 1. The normalized spacial score (nSPS) is 11.8. The average molecular weight is 409 g/mol. The Balaban J connectivity index is 1.52. The van der Waals surface area contributed by atoms with Gasteiger partial charge in [-0.2, -0.15) is 0 Å². The summed E-state index contributed by atoms with van der Waals surface area (Å²) in [5.41, 5.74) is 7.65. The number of fused-ring (bicyclic) bond motifs is 6. The summed E-state index contributed by atoms with van der Waals surface area (Å²) in [5.74, 6) is 0. The molecule has 0 aliphatic rings. The lowest BCUT2D eigenvalue weighted by atomic mass is 10.0. The van der Waals surface area contributed by atoms with Crippen LogP contribution in [0.5, 0.6) is 0 Å². The Bertz CT molecular complexity index is 1720. The Kier molecular flexibility index (Phi) is 3.58. The van der Waals surface area contributed by atoms with Crippen LogP contribution in [0.25, 0.3) is 60.6 Å². The van der Waals surface area contributed by atoms with E-state index in [0.717, 1.165) is 33.2 Å². The molecule has 0 saturated heterocycles. The van der Waals surface area contributed by atoms with Crippen molar-refractivity contribution >= 4 is 43.7 Å². The van der Waals surface area contributed by atoms with Crippen LogP contribution in [0.4, 0.5) is 0 Å². The van der Waals surface area contributed by atoms with E-state index < -0.39 is 0 Å². The van der Waals surface area contributed by atoms with Gasteiger partial charge in [-0.05, 0) is 29.8 Å². The van der Waals surface area contributed by atoms with Gasteiger partial charge in [0.1, 0.15) is 11.2 Å². The Morgan fingerprint density at radius 2 is 1.16 bits per heavy atom. The minimum absolute atomic E-state index is 0.905. The summed E-state index contributed by atoms with van der Waals surface area (Å²) in [4.78, 5) is 0. The maximum absolute atomic E-state index is 6.49. The van der Waals surface area contributed by atoms with E-state index in [2.05, 4.69) is 114 Å². The van der Waals surface area contributed by atoms with E-state index in [-0.39, 0.29) is 0 Å². The zero-order valence-electron chi connectivity index (χ0n) is 17.3. The standard InChI is InChI=1S/C30H19NO/c1-2-9-20(10-3-1)22-13-8-14-26-25-18-17-21(19-29(25)32-30(22)26)31-27-15-6-4-11-23(27)24-12-5-7-16-28(24)31/h1-19H. The summed E-state index contributed by atoms with van der Waals surface area (Å²) < 4.78 is 8.82. The molecule has 0 N–H and O–H groups in total. The van der Waals surface area contributed by atoms with Gasteiger partial charge < -0.3 is 8.98 Å². The molecule has 7 aromatic rings. The maximum atomic E-state index is 6.49. The molecule has 0 aliphatic carbocycles. The van der Waals surface area contributed by atoms with Crippen LogP contribution in [0.15, 0.2) is 120 Å². The van der Waals surface area contributed by atoms with Crippen molar-refractivity contribution in [3.05, 3.63) is 115 Å². The monoisotopic (exact) mass is 409 g/mol. The van der Waals surface area contributed by atoms with E-state index in [0.29, 0.717) is 0 Å². The topological polar surface area (TPSA) is 18.1 Å². The van der Waals surface area contributed by atoms with Crippen LogP contribution in [0.2, 0.25) is 0 Å². The van der Waals surface area contributed by atoms with E-state index in [1.807, 2.05) is 6.07 Å². The lowest BCUT2D eigenvalue weighted by Crippen LogP contribution is -1.93. The van der Waals surface area contributed by atoms with Crippen LogP contribution in [-0.2, 0) is 0 Å². The predicted octanol–water partition coefficient (Wildman–Crippen LogP) is 8.35. The van der Waals surface area contributed by atoms with E-state index in [1.54, 1.807) is 0 Å². The fourth-order valence-corrected chi connectivity index (χ4v) is 4.97. The quantitative estimate of drug-likeness (QED) is 0.280. The molecular weight excluding hydrogens is 390 g/mol. The molecular formula is C30H19NO. The molecule has 0 atom stereocenters. The molecule has 2 aromatic heterocycles. The Labute approximate surface area is 184 Å². The van der Waals surface area contributed by atoms with Crippen molar-refractivity contribution in [2.45, 2.75) is 0 Å². The molecule has 0 radical (unpaired) electrons. The van der Waals surface area contributed by atoms with Crippen molar-refractivity contribution in [2.75, 3.05) is 0 Å². The third-order valence-electron chi connectivity index (χ3n) is 6.41. The number of benzene rings is 5. The van der Waals surface area contributed by atoms with Gasteiger partial charge in [-0.3, -0.25) is 0 Å². The highest BCUT2D eigenvalue weighted by Crippen LogP contribution is 2.38. The summed E-state index contributed by atoms with van der Waals surface area (Å²) in [6, 6.07) is 40.6. The van der Waals surface area contributed by atoms with E-state index in [9.17, 15) is 0 Å². The number of rotatable bonds is 2. The molecule has 0 bridgehead atoms. The zero-order chi connectivity index (χ0) is 21.1. The first-order valence-electron chi connectivity index (χ1n) is 10.9. The molecule has 2 heteroatoms. The van der Waals surface area contributed by atoms with Gasteiger partial charge in [0, 0.05) is 38.9 Å². The zero-order valence-corrected chi connectivity index (χ0v) is 17.3. The second-order valence-corrected chi connectivity index (χ2v) is 8.20.